The zero-order chi connectivity index (χ0) is 18.8. The number of imidazole rings is 1. The van der Waals surface area contributed by atoms with Crippen molar-refractivity contribution in [3.05, 3.63) is 34.0 Å². The van der Waals surface area contributed by atoms with Gasteiger partial charge in [0, 0.05) is 25.5 Å². The molecule has 138 valence electrons. The van der Waals surface area contributed by atoms with Crippen LogP contribution in [-0.4, -0.2) is 36.6 Å². The lowest BCUT2D eigenvalue weighted by Crippen LogP contribution is -2.23. The highest BCUT2D eigenvalue weighted by Crippen LogP contribution is 2.21. The minimum Gasteiger partial charge on any atom is -0.481 e. The van der Waals surface area contributed by atoms with E-state index in [9.17, 15) is 9.59 Å². The number of carbonyl (C=O) groups is 1. The third kappa shape index (κ3) is 3.02. The highest BCUT2D eigenvalue weighted by atomic mass is 16.5. The molecule has 0 saturated carbocycles. The lowest BCUT2D eigenvalue weighted by atomic mass is 10.3. The van der Waals surface area contributed by atoms with Gasteiger partial charge in [-0.05, 0) is 26.3 Å². The molecule has 1 N–H and O–H groups in total. The van der Waals surface area contributed by atoms with Crippen molar-refractivity contribution in [2.75, 3.05) is 6.61 Å². The number of nitrogens with zero attached hydrogens (tertiary/aromatic N) is 4. The average Bonchev–Trinajstić information content (AvgIpc) is 2.96. The molecule has 8 heteroatoms. The fourth-order valence-corrected chi connectivity index (χ4v) is 3.13. The first-order chi connectivity index (χ1) is 12.5. The standard InChI is InChI=1S/C18H22N4O4/c1-4-13-19-11(3)16-18(25)21(5-2)12-8-9-14(20-17(12)22(13)16)26-10-6-7-15(23)24/h8-9H,4-7,10H2,1-3H3,(H,23,24). The molecule has 3 rings (SSSR count). The van der Waals surface area contributed by atoms with Crippen molar-refractivity contribution in [2.24, 2.45) is 0 Å². The van der Waals surface area contributed by atoms with Crippen molar-refractivity contribution in [3.8, 4) is 5.88 Å². The fourth-order valence-electron chi connectivity index (χ4n) is 3.13. The molecule has 0 radical (unpaired) electrons. The largest absolute Gasteiger partial charge is 0.481 e. The molecule has 0 aliphatic rings. The van der Waals surface area contributed by atoms with Crippen LogP contribution < -0.4 is 10.3 Å². The van der Waals surface area contributed by atoms with Gasteiger partial charge in [-0.25, -0.2) is 4.98 Å². The number of aliphatic carboxylic acids is 1. The number of aromatic nitrogens is 4. The van der Waals surface area contributed by atoms with Crippen molar-refractivity contribution in [2.45, 2.75) is 46.6 Å². The van der Waals surface area contributed by atoms with E-state index in [-0.39, 0.29) is 18.6 Å². The maximum absolute atomic E-state index is 12.9. The zero-order valence-electron chi connectivity index (χ0n) is 15.2. The number of ether oxygens (including phenoxy) is 1. The predicted octanol–water partition coefficient (Wildman–Crippen LogP) is 2.18. The summed E-state index contributed by atoms with van der Waals surface area (Å²) in [4.78, 5) is 32.6. The molecule has 26 heavy (non-hydrogen) atoms. The minimum absolute atomic E-state index is 0.0495. The van der Waals surface area contributed by atoms with E-state index in [1.165, 1.54) is 0 Å². The molecule has 0 aliphatic carbocycles. The monoisotopic (exact) mass is 358 g/mol. The SMILES string of the molecule is CCc1nc(C)c2c(=O)n(CC)c3ccc(OCCCC(=O)O)nc3n12. The number of carboxylic acids is 1. The Kier molecular flexibility index (Phi) is 4.92. The third-order valence-electron chi connectivity index (χ3n) is 4.32. The molecule has 0 aromatic carbocycles. The average molecular weight is 358 g/mol. The summed E-state index contributed by atoms with van der Waals surface area (Å²) in [5.74, 6) is 0.326. The molecule has 0 unspecified atom stereocenters. The number of rotatable bonds is 7. The predicted molar refractivity (Wildman–Crippen MR) is 96.9 cm³/mol. The molecule has 0 atom stereocenters. The van der Waals surface area contributed by atoms with Crippen molar-refractivity contribution >= 4 is 22.6 Å². The van der Waals surface area contributed by atoms with Crippen LogP contribution in [0.3, 0.4) is 0 Å². The number of aryl methyl sites for hydroxylation is 3. The van der Waals surface area contributed by atoms with Crippen molar-refractivity contribution in [3.63, 3.8) is 0 Å². The summed E-state index contributed by atoms with van der Waals surface area (Å²) in [6, 6.07) is 3.52. The Bertz CT molecular complexity index is 1040. The molecule has 3 heterocycles. The summed E-state index contributed by atoms with van der Waals surface area (Å²) in [5.41, 5.74) is 2.48. The molecular weight excluding hydrogens is 336 g/mol. The summed E-state index contributed by atoms with van der Waals surface area (Å²) in [7, 11) is 0. The van der Waals surface area contributed by atoms with Crippen LogP contribution in [-0.2, 0) is 17.8 Å². The van der Waals surface area contributed by atoms with Gasteiger partial charge in [0.2, 0.25) is 5.88 Å². The van der Waals surface area contributed by atoms with Crippen LogP contribution in [0.25, 0.3) is 16.7 Å². The Morgan fingerprint density at radius 2 is 2.04 bits per heavy atom. The first kappa shape index (κ1) is 17.9. The Hall–Kier alpha value is -2.90. The molecule has 0 amide bonds. The van der Waals surface area contributed by atoms with Crippen LogP contribution in [0, 0.1) is 6.92 Å². The van der Waals surface area contributed by atoms with E-state index in [4.69, 9.17) is 9.84 Å². The number of fused-ring (bicyclic) bond motifs is 3. The number of hydrogen-bond acceptors (Lipinski definition) is 5. The maximum atomic E-state index is 12.9. The number of pyridine rings is 1. The molecule has 0 bridgehead atoms. The van der Waals surface area contributed by atoms with E-state index < -0.39 is 5.97 Å². The fraction of sp³-hybridized carbons (Fsp3) is 0.444. The van der Waals surface area contributed by atoms with Crippen molar-refractivity contribution in [1.82, 2.24) is 18.9 Å². The lowest BCUT2D eigenvalue weighted by molar-refractivity contribution is -0.137. The van der Waals surface area contributed by atoms with E-state index in [0.717, 1.165) is 11.3 Å². The van der Waals surface area contributed by atoms with E-state index >= 15 is 0 Å². The van der Waals surface area contributed by atoms with E-state index in [1.54, 1.807) is 10.6 Å². The van der Waals surface area contributed by atoms with Crippen molar-refractivity contribution < 1.29 is 14.6 Å². The van der Waals surface area contributed by atoms with Gasteiger partial charge in [-0.1, -0.05) is 6.92 Å². The summed E-state index contributed by atoms with van der Waals surface area (Å²) in [5, 5.41) is 8.70. The van der Waals surface area contributed by atoms with Crippen LogP contribution in [0.15, 0.2) is 16.9 Å². The van der Waals surface area contributed by atoms with E-state index in [2.05, 4.69) is 9.97 Å². The van der Waals surface area contributed by atoms with Gasteiger partial charge in [-0.15, -0.1) is 0 Å². The second-order valence-corrected chi connectivity index (χ2v) is 6.04. The van der Waals surface area contributed by atoms with Crippen LogP contribution in [0.5, 0.6) is 5.88 Å². The molecule has 0 aliphatic heterocycles. The van der Waals surface area contributed by atoms with Gasteiger partial charge >= 0.3 is 5.97 Å². The third-order valence-corrected chi connectivity index (χ3v) is 4.32. The Morgan fingerprint density at radius 1 is 1.27 bits per heavy atom. The van der Waals surface area contributed by atoms with Gasteiger partial charge < -0.3 is 14.4 Å². The maximum Gasteiger partial charge on any atom is 0.303 e. The molecule has 0 saturated heterocycles. The van der Waals surface area contributed by atoms with Crippen LogP contribution in [0.1, 0.15) is 38.2 Å². The molecule has 8 nitrogen and oxygen atoms in total. The smallest absolute Gasteiger partial charge is 0.303 e. The van der Waals surface area contributed by atoms with E-state index in [1.807, 2.05) is 31.2 Å². The lowest BCUT2D eigenvalue weighted by Gasteiger charge is -2.12. The van der Waals surface area contributed by atoms with Gasteiger partial charge in [0.1, 0.15) is 11.3 Å². The second-order valence-electron chi connectivity index (χ2n) is 6.04. The highest BCUT2D eigenvalue weighted by molar-refractivity contribution is 5.77. The number of carboxylic acid groups (broad SMARTS) is 1. The van der Waals surface area contributed by atoms with E-state index in [0.29, 0.717) is 42.1 Å². The summed E-state index contributed by atoms with van der Waals surface area (Å²) in [6.07, 6.45) is 1.13. The first-order valence-corrected chi connectivity index (χ1v) is 8.74. The van der Waals surface area contributed by atoms with Crippen molar-refractivity contribution in [1.29, 1.82) is 0 Å². The minimum atomic E-state index is -0.852. The zero-order valence-corrected chi connectivity index (χ0v) is 15.2. The summed E-state index contributed by atoms with van der Waals surface area (Å²) < 4.78 is 9.09. The quantitative estimate of drug-likeness (QED) is 0.650. The van der Waals surface area contributed by atoms with Crippen LogP contribution in [0.2, 0.25) is 0 Å². The van der Waals surface area contributed by atoms with Gasteiger partial charge in [-0.2, -0.15) is 4.98 Å². The summed E-state index contributed by atoms with van der Waals surface area (Å²) in [6.45, 7) is 6.52. The second kappa shape index (κ2) is 7.15. The number of hydrogen-bond donors (Lipinski definition) is 1. The molecule has 3 aromatic rings. The Balaban J connectivity index is 2.15. The van der Waals surface area contributed by atoms with Gasteiger partial charge in [0.05, 0.1) is 17.8 Å². The summed E-state index contributed by atoms with van der Waals surface area (Å²) >= 11 is 0. The molecule has 0 spiro atoms. The van der Waals surface area contributed by atoms with Gasteiger partial charge in [-0.3, -0.25) is 14.0 Å². The normalized spacial score (nSPS) is 11.3. The molecule has 3 aromatic heterocycles. The molecule has 0 fully saturated rings. The first-order valence-electron chi connectivity index (χ1n) is 8.74. The van der Waals surface area contributed by atoms with Gasteiger partial charge in [0.25, 0.3) is 5.56 Å². The van der Waals surface area contributed by atoms with Gasteiger partial charge in [0.15, 0.2) is 5.65 Å². The van der Waals surface area contributed by atoms with Crippen LogP contribution >= 0.6 is 0 Å². The molecular formula is C18H22N4O4. The van der Waals surface area contributed by atoms with Crippen LogP contribution in [0.4, 0.5) is 0 Å². The highest BCUT2D eigenvalue weighted by Gasteiger charge is 2.18. The Labute approximate surface area is 150 Å². The topological polar surface area (TPSA) is 98.7 Å². The Morgan fingerprint density at radius 3 is 2.69 bits per heavy atom.